The summed E-state index contributed by atoms with van der Waals surface area (Å²) < 4.78 is 0. The molecular weight excluding hydrogens is 214 g/mol. The molecule has 0 saturated heterocycles. The van der Waals surface area contributed by atoms with Gasteiger partial charge < -0.3 is 10.6 Å². The van der Waals surface area contributed by atoms with Gasteiger partial charge in [-0.2, -0.15) is 0 Å². The van der Waals surface area contributed by atoms with Gasteiger partial charge in [0.1, 0.15) is 5.82 Å². The second-order valence-electron chi connectivity index (χ2n) is 4.75. The second kappa shape index (κ2) is 5.17. The van der Waals surface area contributed by atoms with E-state index in [1.165, 1.54) is 25.7 Å². The van der Waals surface area contributed by atoms with Gasteiger partial charge in [0, 0.05) is 13.5 Å². The summed E-state index contributed by atoms with van der Waals surface area (Å²) >= 11 is 0. The molecule has 0 unspecified atom stereocenters. The first-order valence-corrected chi connectivity index (χ1v) is 6.15. The summed E-state index contributed by atoms with van der Waals surface area (Å²) in [5, 5.41) is 0. The summed E-state index contributed by atoms with van der Waals surface area (Å²) in [5.41, 5.74) is 6.33. The third-order valence-corrected chi connectivity index (χ3v) is 3.47. The average molecular weight is 233 g/mol. The SMILES string of the molecule is CN(C(=O)CC1CCCC1)c1ccc(N)nc1. The fraction of sp³-hybridized carbons (Fsp3) is 0.538. The molecule has 0 atom stereocenters. The van der Waals surface area contributed by atoms with Crippen molar-refractivity contribution in [3.63, 3.8) is 0 Å². The van der Waals surface area contributed by atoms with Gasteiger partial charge in [0.15, 0.2) is 0 Å². The molecule has 1 fully saturated rings. The van der Waals surface area contributed by atoms with E-state index in [9.17, 15) is 4.79 Å². The lowest BCUT2D eigenvalue weighted by Gasteiger charge is -2.19. The molecule has 0 radical (unpaired) electrons. The number of aromatic nitrogens is 1. The van der Waals surface area contributed by atoms with E-state index in [1.54, 1.807) is 24.2 Å². The summed E-state index contributed by atoms with van der Waals surface area (Å²) in [7, 11) is 1.80. The quantitative estimate of drug-likeness (QED) is 0.870. The van der Waals surface area contributed by atoms with Crippen molar-refractivity contribution in [1.82, 2.24) is 4.98 Å². The zero-order valence-electron chi connectivity index (χ0n) is 10.2. The molecule has 4 nitrogen and oxygen atoms in total. The van der Waals surface area contributed by atoms with Crippen LogP contribution in [0.5, 0.6) is 0 Å². The first kappa shape index (κ1) is 11.9. The summed E-state index contributed by atoms with van der Waals surface area (Å²) in [6.07, 6.45) is 7.22. The zero-order chi connectivity index (χ0) is 12.3. The van der Waals surface area contributed by atoms with Crippen molar-refractivity contribution >= 4 is 17.4 Å². The van der Waals surface area contributed by atoms with E-state index in [2.05, 4.69) is 4.98 Å². The molecule has 2 N–H and O–H groups in total. The first-order chi connectivity index (χ1) is 8.16. The van der Waals surface area contributed by atoms with Crippen molar-refractivity contribution < 1.29 is 4.79 Å². The Kier molecular flexibility index (Phi) is 3.61. The van der Waals surface area contributed by atoms with Crippen molar-refractivity contribution in [1.29, 1.82) is 0 Å². The molecule has 0 aromatic carbocycles. The molecule has 1 aromatic rings. The van der Waals surface area contributed by atoms with Crippen molar-refractivity contribution in [2.45, 2.75) is 32.1 Å². The molecule has 92 valence electrons. The van der Waals surface area contributed by atoms with Gasteiger partial charge in [-0.15, -0.1) is 0 Å². The molecule has 0 bridgehead atoms. The third kappa shape index (κ3) is 2.96. The number of carbonyl (C=O) groups excluding carboxylic acids is 1. The van der Waals surface area contributed by atoms with E-state index in [-0.39, 0.29) is 5.91 Å². The largest absolute Gasteiger partial charge is 0.384 e. The van der Waals surface area contributed by atoms with Crippen LogP contribution in [0.3, 0.4) is 0 Å². The van der Waals surface area contributed by atoms with Crippen molar-refractivity contribution in [2.75, 3.05) is 17.7 Å². The molecule has 17 heavy (non-hydrogen) atoms. The van der Waals surface area contributed by atoms with Crippen LogP contribution in [0.25, 0.3) is 0 Å². The highest BCUT2D eigenvalue weighted by atomic mass is 16.2. The number of hydrogen-bond acceptors (Lipinski definition) is 3. The lowest BCUT2D eigenvalue weighted by atomic mass is 10.0. The number of pyridine rings is 1. The molecule has 1 amide bonds. The minimum absolute atomic E-state index is 0.170. The number of hydrogen-bond donors (Lipinski definition) is 1. The Morgan fingerprint density at radius 2 is 2.18 bits per heavy atom. The van der Waals surface area contributed by atoms with Gasteiger partial charge in [-0.25, -0.2) is 4.98 Å². The second-order valence-corrected chi connectivity index (χ2v) is 4.75. The van der Waals surface area contributed by atoms with Gasteiger partial charge in [0.25, 0.3) is 0 Å². The number of nitrogens with zero attached hydrogens (tertiary/aromatic N) is 2. The van der Waals surface area contributed by atoms with Crippen LogP contribution in [0, 0.1) is 5.92 Å². The number of amides is 1. The van der Waals surface area contributed by atoms with E-state index in [4.69, 9.17) is 5.73 Å². The zero-order valence-corrected chi connectivity index (χ0v) is 10.2. The molecule has 0 spiro atoms. The summed E-state index contributed by atoms with van der Waals surface area (Å²) in [6, 6.07) is 3.55. The predicted molar refractivity (Wildman–Crippen MR) is 68.6 cm³/mol. The average Bonchev–Trinajstić information content (AvgIpc) is 2.82. The fourth-order valence-corrected chi connectivity index (χ4v) is 2.34. The van der Waals surface area contributed by atoms with Gasteiger partial charge in [-0.05, 0) is 30.9 Å². The molecule has 1 aliphatic carbocycles. The van der Waals surface area contributed by atoms with E-state index in [0.717, 1.165) is 5.69 Å². The van der Waals surface area contributed by atoms with Gasteiger partial charge in [-0.3, -0.25) is 4.79 Å². The first-order valence-electron chi connectivity index (χ1n) is 6.15. The standard InChI is InChI=1S/C13H19N3O/c1-16(11-6-7-12(14)15-9-11)13(17)8-10-4-2-3-5-10/h6-7,9-10H,2-5,8H2,1H3,(H2,14,15). The smallest absolute Gasteiger partial charge is 0.227 e. The Labute approximate surface area is 102 Å². The maximum absolute atomic E-state index is 12.1. The topological polar surface area (TPSA) is 59.2 Å². The van der Waals surface area contributed by atoms with E-state index >= 15 is 0 Å². The van der Waals surface area contributed by atoms with Gasteiger partial charge in [0.2, 0.25) is 5.91 Å². The van der Waals surface area contributed by atoms with Crippen LogP contribution in [0.2, 0.25) is 0 Å². The van der Waals surface area contributed by atoms with Crippen LogP contribution in [0.1, 0.15) is 32.1 Å². The minimum Gasteiger partial charge on any atom is -0.384 e. The van der Waals surface area contributed by atoms with Gasteiger partial charge in [0.05, 0.1) is 11.9 Å². The van der Waals surface area contributed by atoms with Gasteiger partial charge in [-0.1, -0.05) is 12.8 Å². The summed E-state index contributed by atoms with van der Waals surface area (Å²) in [6.45, 7) is 0. The summed E-state index contributed by atoms with van der Waals surface area (Å²) in [5.74, 6) is 1.22. The molecule has 2 rings (SSSR count). The number of rotatable bonds is 3. The minimum atomic E-state index is 0.170. The lowest BCUT2D eigenvalue weighted by molar-refractivity contribution is -0.119. The Morgan fingerprint density at radius 1 is 1.47 bits per heavy atom. The fourth-order valence-electron chi connectivity index (χ4n) is 2.34. The molecule has 1 saturated carbocycles. The van der Waals surface area contributed by atoms with Crippen LogP contribution in [0.15, 0.2) is 18.3 Å². The highest BCUT2D eigenvalue weighted by Gasteiger charge is 2.21. The van der Waals surface area contributed by atoms with Crippen molar-refractivity contribution in [3.05, 3.63) is 18.3 Å². The third-order valence-electron chi connectivity index (χ3n) is 3.47. The maximum atomic E-state index is 12.1. The lowest BCUT2D eigenvalue weighted by Crippen LogP contribution is -2.27. The van der Waals surface area contributed by atoms with Crippen LogP contribution < -0.4 is 10.6 Å². The number of anilines is 2. The Hall–Kier alpha value is -1.58. The summed E-state index contributed by atoms with van der Waals surface area (Å²) in [4.78, 5) is 17.7. The van der Waals surface area contributed by atoms with Crippen molar-refractivity contribution in [3.8, 4) is 0 Å². The van der Waals surface area contributed by atoms with Crippen LogP contribution in [0.4, 0.5) is 11.5 Å². The Balaban J connectivity index is 1.96. The number of nitrogens with two attached hydrogens (primary N) is 1. The van der Waals surface area contributed by atoms with E-state index in [0.29, 0.717) is 18.2 Å². The number of carbonyl (C=O) groups is 1. The van der Waals surface area contributed by atoms with Gasteiger partial charge >= 0.3 is 0 Å². The van der Waals surface area contributed by atoms with E-state index in [1.807, 2.05) is 6.07 Å². The molecule has 1 aliphatic rings. The molecular formula is C13H19N3O. The maximum Gasteiger partial charge on any atom is 0.227 e. The van der Waals surface area contributed by atoms with E-state index < -0.39 is 0 Å². The molecule has 4 heteroatoms. The monoisotopic (exact) mass is 233 g/mol. The molecule has 1 heterocycles. The van der Waals surface area contributed by atoms with Crippen LogP contribution in [-0.4, -0.2) is 17.9 Å². The highest BCUT2D eigenvalue weighted by Crippen LogP contribution is 2.28. The highest BCUT2D eigenvalue weighted by molar-refractivity contribution is 5.92. The molecule has 0 aliphatic heterocycles. The number of nitrogen functional groups attached to an aromatic ring is 1. The molecule has 1 aromatic heterocycles. The van der Waals surface area contributed by atoms with Crippen LogP contribution >= 0.6 is 0 Å². The van der Waals surface area contributed by atoms with Crippen molar-refractivity contribution in [2.24, 2.45) is 5.92 Å². The Bertz CT molecular complexity index is 382. The van der Waals surface area contributed by atoms with Crippen LogP contribution in [-0.2, 0) is 4.79 Å². The normalized spacial score (nSPS) is 16.1. The Morgan fingerprint density at radius 3 is 2.76 bits per heavy atom. The predicted octanol–water partition coefficient (Wildman–Crippen LogP) is 2.21.